The maximum absolute atomic E-state index is 12.3. The van der Waals surface area contributed by atoms with E-state index in [4.69, 9.17) is 0 Å². The van der Waals surface area contributed by atoms with Gasteiger partial charge in [-0.1, -0.05) is 30.3 Å². The zero-order valence-electron chi connectivity index (χ0n) is 10.9. The lowest BCUT2D eigenvalue weighted by Gasteiger charge is -2.17. The molecule has 0 heterocycles. The molecule has 0 spiro atoms. The number of carbonyl (C=O) groups is 1. The molecule has 21 heavy (non-hydrogen) atoms. The Balaban J connectivity index is 2.25. The van der Waals surface area contributed by atoms with E-state index in [1.807, 2.05) is 52.9 Å². The molecule has 0 fully saturated rings. The van der Waals surface area contributed by atoms with Crippen molar-refractivity contribution >= 4 is 51.1 Å². The third kappa shape index (κ3) is 4.07. The minimum absolute atomic E-state index is 0.0433. The molecule has 2 aromatic rings. The topological polar surface area (TPSA) is 69.6 Å². The van der Waals surface area contributed by atoms with Crippen molar-refractivity contribution in [1.82, 2.24) is 5.32 Å². The fourth-order valence-corrected chi connectivity index (χ4v) is 3.74. The van der Waals surface area contributed by atoms with Gasteiger partial charge in [-0.15, -0.1) is 0 Å². The summed E-state index contributed by atoms with van der Waals surface area (Å²) < 4.78 is 1.48. The van der Waals surface area contributed by atoms with Crippen LogP contribution in [-0.4, -0.2) is 22.7 Å². The molecule has 6 heteroatoms. The fraction of sp³-hybridized carbons (Fsp3) is 0.133. The first-order valence-corrected chi connectivity index (χ1v) is 8.33. The van der Waals surface area contributed by atoms with E-state index >= 15 is 0 Å². The zero-order valence-corrected chi connectivity index (χ0v) is 15.2. The maximum Gasteiger partial charge on any atom is 0.255 e. The highest BCUT2D eigenvalue weighted by molar-refractivity contribution is 14.1. The molecule has 1 amide bonds. The lowest BCUT2D eigenvalue weighted by molar-refractivity contribution is 0.0913. The van der Waals surface area contributed by atoms with Crippen molar-refractivity contribution in [3.63, 3.8) is 0 Å². The van der Waals surface area contributed by atoms with Crippen LogP contribution >= 0.6 is 45.2 Å². The highest BCUT2D eigenvalue weighted by atomic mass is 127. The second-order valence-electron chi connectivity index (χ2n) is 4.40. The van der Waals surface area contributed by atoms with Crippen molar-refractivity contribution in [3.05, 3.63) is 60.7 Å². The minimum Gasteiger partial charge on any atom is -0.506 e. The molecule has 2 aromatic carbocycles. The van der Waals surface area contributed by atoms with Crippen LogP contribution in [0.5, 0.6) is 5.75 Å². The Bertz CT molecular complexity index is 647. The first-order chi connectivity index (χ1) is 10.0. The molecule has 0 saturated heterocycles. The number of amides is 1. The van der Waals surface area contributed by atoms with Crippen molar-refractivity contribution in [3.8, 4) is 5.75 Å². The fourth-order valence-electron chi connectivity index (χ4n) is 1.89. The highest BCUT2D eigenvalue weighted by Gasteiger charge is 2.19. The number of phenolic OH excluding ortho intramolecular Hbond substituents is 1. The molecule has 1 atom stereocenters. The Hall–Kier alpha value is -0.870. The van der Waals surface area contributed by atoms with Gasteiger partial charge in [-0.2, -0.15) is 0 Å². The number of hydrogen-bond acceptors (Lipinski definition) is 3. The lowest BCUT2D eigenvalue weighted by Crippen LogP contribution is -2.31. The number of aliphatic hydroxyl groups is 1. The van der Waals surface area contributed by atoms with Gasteiger partial charge in [-0.25, -0.2) is 0 Å². The standard InChI is InChI=1S/C15H13I2NO3/c16-10-6-11(14(20)12(17)7-10)15(21)18-13(8-19)9-4-2-1-3-5-9/h1-7,13,19-20H,8H2,(H,18,21)/t13-/m1/s1. The van der Waals surface area contributed by atoms with Gasteiger partial charge in [0, 0.05) is 3.57 Å². The van der Waals surface area contributed by atoms with Gasteiger partial charge in [-0.05, 0) is 62.9 Å². The average molecular weight is 509 g/mol. The third-order valence-corrected chi connectivity index (χ3v) is 4.41. The lowest BCUT2D eigenvalue weighted by atomic mass is 10.1. The Labute approximate surface area is 149 Å². The van der Waals surface area contributed by atoms with Crippen LogP contribution in [0.4, 0.5) is 0 Å². The second kappa shape index (κ2) is 7.41. The van der Waals surface area contributed by atoms with Crippen molar-refractivity contribution < 1.29 is 15.0 Å². The number of aliphatic hydroxyl groups excluding tert-OH is 1. The van der Waals surface area contributed by atoms with Gasteiger partial charge in [-0.3, -0.25) is 4.79 Å². The molecule has 2 rings (SSSR count). The summed E-state index contributed by atoms with van der Waals surface area (Å²) >= 11 is 4.07. The van der Waals surface area contributed by atoms with Crippen LogP contribution in [0.3, 0.4) is 0 Å². The summed E-state index contributed by atoms with van der Waals surface area (Å²) in [4.78, 5) is 12.3. The highest BCUT2D eigenvalue weighted by Crippen LogP contribution is 2.27. The Kier molecular flexibility index (Phi) is 5.82. The van der Waals surface area contributed by atoms with Crippen molar-refractivity contribution in [1.29, 1.82) is 0 Å². The number of nitrogens with one attached hydrogen (secondary N) is 1. The average Bonchev–Trinajstić information content (AvgIpc) is 2.49. The SMILES string of the molecule is O=C(N[C@H](CO)c1ccccc1)c1cc(I)cc(I)c1O. The molecule has 0 aliphatic carbocycles. The smallest absolute Gasteiger partial charge is 0.255 e. The van der Waals surface area contributed by atoms with E-state index < -0.39 is 11.9 Å². The van der Waals surface area contributed by atoms with Crippen LogP contribution in [0, 0.1) is 7.14 Å². The number of hydrogen-bond donors (Lipinski definition) is 3. The minimum atomic E-state index is -0.506. The van der Waals surface area contributed by atoms with Gasteiger partial charge >= 0.3 is 0 Å². The molecular formula is C15H13I2NO3. The van der Waals surface area contributed by atoms with E-state index in [9.17, 15) is 15.0 Å². The molecule has 0 bridgehead atoms. The van der Waals surface area contributed by atoms with Crippen LogP contribution in [0.25, 0.3) is 0 Å². The largest absolute Gasteiger partial charge is 0.506 e. The van der Waals surface area contributed by atoms with E-state index in [0.29, 0.717) is 3.57 Å². The summed E-state index contributed by atoms with van der Waals surface area (Å²) in [7, 11) is 0. The second-order valence-corrected chi connectivity index (χ2v) is 6.81. The van der Waals surface area contributed by atoms with Crippen LogP contribution in [0.15, 0.2) is 42.5 Å². The molecule has 0 aromatic heterocycles. The van der Waals surface area contributed by atoms with E-state index in [2.05, 4.69) is 27.9 Å². The van der Waals surface area contributed by atoms with E-state index in [-0.39, 0.29) is 17.9 Å². The first-order valence-electron chi connectivity index (χ1n) is 6.17. The Morgan fingerprint density at radius 2 is 1.86 bits per heavy atom. The van der Waals surface area contributed by atoms with Gasteiger partial charge in [0.1, 0.15) is 5.75 Å². The van der Waals surface area contributed by atoms with Crippen molar-refractivity contribution in [2.24, 2.45) is 0 Å². The summed E-state index contributed by atoms with van der Waals surface area (Å²) in [5.41, 5.74) is 1.02. The number of rotatable bonds is 4. The third-order valence-electron chi connectivity index (χ3n) is 2.96. The van der Waals surface area contributed by atoms with Crippen LogP contribution < -0.4 is 5.32 Å². The maximum atomic E-state index is 12.3. The molecule has 0 aliphatic rings. The number of halogens is 2. The summed E-state index contributed by atoms with van der Waals surface area (Å²) in [6.45, 7) is -0.211. The van der Waals surface area contributed by atoms with E-state index in [1.165, 1.54) is 0 Å². The van der Waals surface area contributed by atoms with Crippen LogP contribution in [0.1, 0.15) is 22.0 Å². The molecule has 3 N–H and O–H groups in total. The summed E-state index contributed by atoms with van der Waals surface area (Å²) in [6, 6.07) is 12.1. The van der Waals surface area contributed by atoms with Gasteiger partial charge in [0.2, 0.25) is 0 Å². The number of carbonyl (C=O) groups excluding carboxylic acids is 1. The summed E-state index contributed by atoms with van der Waals surface area (Å²) in [5, 5.41) is 22.2. The normalized spacial score (nSPS) is 12.0. The molecule has 110 valence electrons. The van der Waals surface area contributed by atoms with E-state index in [1.54, 1.807) is 12.1 Å². The quantitative estimate of drug-likeness (QED) is 0.556. The summed E-state index contributed by atoms with van der Waals surface area (Å²) in [6.07, 6.45) is 0. The predicted molar refractivity (Wildman–Crippen MR) is 97.3 cm³/mol. The summed E-state index contributed by atoms with van der Waals surface area (Å²) in [5.74, 6) is -0.454. The van der Waals surface area contributed by atoms with Crippen LogP contribution in [-0.2, 0) is 0 Å². The molecule has 4 nitrogen and oxygen atoms in total. The van der Waals surface area contributed by atoms with Gasteiger partial charge < -0.3 is 15.5 Å². The van der Waals surface area contributed by atoms with E-state index in [0.717, 1.165) is 9.13 Å². The van der Waals surface area contributed by atoms with Crippen molar-refractivity contribution in [2.75, 3.05) is 6.61 Å². The van der Waals surface area contributed by atoms with Crippen molar-refractivity contribution in [2.45, 2.75) is 6.04 Å². The molecule has 0 unspecified atom stereocenters. The van der Waals surface area contributed by atoms with Gasteiger partial charge in [0.05, 0.1) is 21.8 Å². The van der Waals surface area contributed by atoms with Gasteiger partial charge in [0.15, 0.2) is 0 Å². The molecular weight excluding hydrogens is 496 g/mol. The van der Waals surface area contributed by atoms with Gasteiger partial charge in [0.25, 0.3) is 5.91 Å². The first kappa shape index (κ1) is 16.5. The Morgan fingerprint density at radius 3 is 2.48 bits per heavy atom. The van der Waals surface area contributed by atoms with Crippen LogP contribution in [0.2, 0.25) is 0 Å². The monoisotopic (exact) mass is 509 g/mol. The Morgan fingerprint density at radius 1 is 1.19 bits per heavy atom. The number of benzene rings is 2. The predicted octanol–water partition coefficient (Wildman–Crippen LogP) is 3.06. The number of aromatic hydroxyl groups is 1. The number of phenols is 1. The molecule has 0 aliphatic heterocycles. The molecule has 0 saturated carbocycles. The molecule has 0 radical (unpaired) electrons. The zero-order chi connectivity index (χ0) is 15.4.